The Kier molecular flexibility index (Phi) is 4.15. The van der Waals surface area contributed by atoms with Crippen LogP contribution in [0.2, 0.25) is 0 Å². The van der Waals surface area contributed by atoms with Gasteiger partial charge in [-0.2, -0.15) is 0 Å². The lowest BCUT2D eigenvalue weighted by Gasteiger charge is -2.20. The molecule has 3 N–H and O–H groups in total. The Labute approximate surface area is 122 Å². The van der Waals surface area contributed by atoms with Crippen LogP contribution in [0, 0.1) is 0 Å². The fraction of sp³-hybridized carbons (Fsp3) is 0.333. The SMILES string of the molecule is CNc1ccc(C(N)c2ccc(C(C)(C)C)cc2)cc1. The lowest BCUT2D eigenvalue weighted by Crippen LogP contribution is -2.14. The van der Waals surface area contributed by atoms with E-state index in [2.05, 4.69) is 74.6 Å². The molecule has 0 aliphatic carbocycles. The molecule has 0 fully saturated rings. The van der Waals surface area contributed by atoms with E-state index in [1.54, 1.807) is 0 Å². The lowest BCUT2D eigenvalue weighted by molar-refractivity contribution is 0.589. The first-order valence-corrected chi connectivity index (χ1v) is 7.05. The molecule has 0 radical (unpaired) electrons. The van der Waals surface area contributed by atoms with Crippen LogP contribution in [0.5, 0.6) is 0 Å². The average Bonchev–Trinajstić information content (AvgIpc) is 2.46. The molecule has 2 aromatic rings. The molecule has 0 saturated heterocycles. The number of rotatable bonds is 3. The van der Waals surface area contributed by atoms with E-state index >= 15 is 0 Å². The van der Waals surface area contributed by atoms with Crippen molar-refractivity contribution in [2.75, 3.05) is 12.4 Å². The van der Waals surface area contributed by atoms with E-state index in [1.807, 2.05) is 7.05 Å². The number of anilines is 1. The third-order valence-electron chi connectivity index (χ3n) is 3.69. The van der Waals surface area contributed by atoms with Crippen LogP contribution in [0.15, 0.2) is 48.5 Å². The molecule has 1 unspecified atom stereocenters. The Morgan fingerprint density at radius 3 is 1.70 bits per heavy atom. The molecule has 2 nitrogen and oxygen atoms in total. The summed E-state index contributed by atoms with van der Waals surface area (Å²) in [6.45, 7) is 6.66. The third-order valence-corrected chi connectivity index (χ3v) is 3.69. The van der Waals surface area contributed by atoms with Crippen molar-refractivity contribution in [3.8, 4) is 0 Å². The summed E-state index contributed by atoms with van der Waals surface area (Å²) in [6, 6.07) is 16.8. The predicted molar refractivity (Wildman–Crippen MR) is 87.2 cm³/mol. The second-order valence-electron chi connectivity index (χ2n) is 6.22. The molecule has 0 aromatic heterocycles. The highest BCUT2D eigenvalue weighted by Gasteiger charge is 2.14. The maximum Gasteiger partial charge on any atom is 0.0551 e. The van der Waals surface area contributed by atoms with E-state index in [0.717, 1.165) is 16.8 Å². The predicted octanol–water partition coefficient (Wildman–Crippen LogP) is 4.07. The topological polar surface area (TPSA) is 38.0 Å². The highest BCUT2D eigenvalue weighted by Crippen LogP contribution is 2.26. The van der Waals surface area contributed by atoms with E-state index in [4.69, 9.17) is 5.73 Å². The summed E-state index contributed by atoms with van der Waals surface area (Å²) >= 11 is 0. The van der Waals surface area contributed by atoms with Gasteiger partial charge in [-0.25, -0.2) is 0 Å². The smallest absolute Gasteiger partial charge is 0.0551 e. The highest BCUT2D eigenvalue weighted by atomic mass is 14.8. The Bertz CT molecular complexity index is 547. The van der Waals surface area contributed by atoms with Crippen LogP contribution in [0.1, 0.15) is 43.5 Å². The van der Waals surface area contributed by atoms with Crippen molar-refractivity contribution in [3.63, 3.8) is 0 Å². The van der Waals surface area contributed by atoms with Crippen molar-refractivity contribution in [2.45, 2.75) is 32.2 Å². The van der Waals surface area contributed by atoms with Gasteiger partial charge in [-0.05, 0) is 34.2 Å². The van der Waals surface area contributed by atoms with Crippen LogP contribution in [-0.4, -0.2) is 7.05 Å². The van der Waals surface area contributed by atoms with Gasteiger partial charge in [0.05, 0.1) is 6.04 Å². The Hall–Kier alpha value is -1.80. The van der Waals surface area contributed by atoms with Crippen LogP contribution < -0.4 is 11.1 Å². The van der Waals surface area contributed by atoms with Crippen LogP contribution in [0.4, 0.5) is 5.69 Å². The highest BCUT2D eigenvalue weighted by molar-refractivity contribution is 5.46. The molecule has 0 spiro atoms. The van der Waals surface area contributed by atoms with Gasteiger partial charge in [0, 0.05) is 12.7 Å². The minimum absolute atomic E-state index is 0.0741. The fourth-order valence-corrected chi connectivity index (χ4v) is 2.24. The van der Waals surface area contributed by atoms with Crippen molar-refractivity contribution < 1.29 is 0 Å². The molecule has 0 saturated carbocycles. The third kappa shape index (κ3) is 3.20. The Morgan fingerprint density at radius 2 is 1.30 bits per heavy atom. The molecule has 0 heterocycles. The summed E-state index contributed by atoms with van der Waals surface area (Å²) in [7, 11) is 1.92. The first-order valence-electron chi connectivity index (χ1n) is 7.05. The van der Waals surface area contributed by atoms with Crippen molar-refractivity contribution in [3.05, 3.63) is 65.2 Å². The van der Waals surface area contributed by atoms with Crippen molar-refractivity contribution in [1.82, 2.24) is 0 Å². The molecule has 2 rings (SSSR count). The number of hydrogen-bond acceptors (Lipinski definition) is 2. The van der Waals surface area contributed by atoms with Gasteiger partial charge in [-0.15, -0.1) is 0 Å². The van der Waals surface area contributed by atoms with Crippen molar-refractivity contribution in [2.24, 2.45) is 5.73 Å². The molecule has 0 bridgehead atoms. The summed E-state index contributed by atoms with van der Waals surface area (Å²) in [6.07, 6.45) is 0. The first kappa shape index (κ1) is 14.6. The van der Waals surface area contributed by atoms with Gasteiger partial charge < -0.3 is 11.1 Å². The van der Waals surface area contributed by atoms with Gasteiger partial charge >= 0.3 is 0 Å². The van der Waals surface area contributed by atoms with Gasteiger partial charge in [0.1, 0.15) is 0 Å². The summed E-state index contributed by atoms with van der Waals surface area (Å²) in [5.74, 6) is 0. The van der Waals surface area contributed by atoms with E-state index < -0.39 is 0 Å². The van der Waals surface area contributed by atoms with Gasteiger partial charge in [-0.1, -0.05) is 57.2 Å². The number of hydrogen-bond donors (Lipinski definition) is 2. The van der Waals surface area contributed by atoms with Gasteiger partial charge in [0.15, 0.2) is 0 Å². The summed E-state index contributed by atoms with van der Waals surface area (Å²) in [4.78, 5) is 0. The maximum absolute atomic E-state index is 6.35. The summed E-state index contributed by atoms with van der Waals surface area (Å²) < 4.78 is 0. The van der Waals surface area contributed by atoms with Gasteiger partial charge in [-0.3, -0.25) is 0 Å². The lowest BCUT2D eigenvalue weighted by atomic mass is 9.86. The summed E-state index contributed by atoms with van der Waals surface area (Å²) in [5, 5.41) is 3.12. The zero-order chi connectivity index (χ0) is 14.8. The second kappa shape index (κ2) is 5.68. The Balaban J connectivity index is 2.22. The van der Waals surface area contributed by atoms with Crippen LogP contribution in [0.25, 0.3) is 0 Å². The zero-order valence-electron chi connectivity index (χ0n) is 12.8. The fourth-order valence-electron chi connectivity index (χ4n) is 2.24. The number of nitrogens with one attached hydrogen (secondary N) is 1. The van der Waals surface area contributed by atoms with Gasteiger partial charge in [0.25, 0.3) is 0 Å². The molecule has 1 atom stereocenters. The summed E-state index contributed by atoms with van der Waals surface area (Å²) in [5.41, 5.74) is 11.2. The van der Waals surface area contributed by atoms with E-state index in [9.17, 15) is 0 Å². The largest absolute Gasteiger partial charge is 0.388 e. The van der Waals surface area contributed by atoms with E-state index in [1.165, 1.54) is 5.56 Å². The van der Waals surface area contributed by atoms with Crippen LogP contribution in [-0.2, 0) is 5.41 Å². The van der Waals surface area contributed by atoms with E-state index in [-0.39, 0.29) is 11.5 Å². The molecule has 0 aliphatic heterocycles. The molecular formula is C18H24N2. The molecule has 2 heteroatoms. The molecule has 2 aromatic carbocycles. The van der Waals surface area contributed by atoms with Crippen LogP contribution >= 0.6 is 0 Å². The standard InChI is InChI=1S/C18H24N2/c1-18(2,3)15-9-5-13(6-10-15)17(19)14-7-11-16(20-4)12-8-14/h5-12,17,20H,19H2,1-4H3. The molecular weight excluding hydrogens is 244 g/mol. The minimum atomic E-state index is -0.0741. The van der Waals surface area contributed by atoms with Crippen LogP contribution in [0.3, 0.4) is 0 Å². The van der Waals surface area contributed by atoms with Crippen molar-refractivity contribution in [1.29, 1.82) is 0 Å². The maximum atomic E-state index is 6.35. The monoisotopic (exact) mass is 268 g/mol. The van der Waals surface area contributed by atoms with E-state index in [0.29, 0.717) is 0 Å². The van der Waals surface area contributed by atoms with Gasteiger partial charge in [0.2, 0.25) is 0 Å². The molecule has 0 amide bonds. The molecule has 0 aliphatic rings. The number of benzene rings is 2. The minimum Gasteiger partial charge on any atom is -0.388 e. The average molecular weight is 268 g/mol. The van der Waals surface area contributed by atoms with Crippen molar-refractivity contribution >= 4 is 5.69 Å². The Morgan fingerprint density at radius 1 is 0.850 bits per heavy atom. The zero-order valence-corrected chi connectivity index (χ0v) is 12.8. The normalized spacial score (nSPS) is 13.1. The quantitative estimate of drug-likeness (QED) is 0.880. The molecule has 106 valence electrons. The number of nitrogens with two attached hydrogens (primary N) is 1. The second-order valence-corrected chi connectivity index (χ2v) is 6.22. The molecule has 20 heavy (non-hydrogen) atoms. The first-order chi connectivity index (χ1) is 9.41.